The van der Waals surface area contributed by atoms with E-state index in [1.165, 1.54) is 12.8 Å². The lowest BCUT2D eigenvalue weighted by molar-refractivity contribution is -0.157. The van der Waals surface area contributed by atoms with E-state index < -0.39 is 0 Å². The zero-order valence-corrected chi connectivity index (χ0v) is 12.4. The first kappa shape index (κ1) is 13.9. The smallest absolute Gasteiger partial charge is 0.306 e. The van der Waals surface area contributed by atoms with Gasteiger partial charge in [0.15, 0.2) is 0 Å². The first-order valence-electron chi connectivity index (χ1n) is 7.61. The van der Waals surface area contributed by atoms with Crippen molar-refractivity contribution in [3.63, 3.8) is 0 Å². The van der Waals surface area contributed by atoms with Gasteiger partial charge in [0.2, 0.25) is 0 Å². The maximum absolute atomic E-state index is 11.9. The van der Waals surface area contributed by atoms with Crippen molar-refractivity contribution in [2.45, 2.75) is 78.7 Å². The van der Waals surface area contributed by atoms with Gasteiger partial charge < -0.3 is 4.74 Å². The average molecular weight is 252 g/mol. The summed E-state index contributed by atoms with van der Waals surface area (Å²) in [6.07, 6.45) is 7.65. The highest BCUT2D eigenvalue weighted by atomic mass is 16.5. The minimum atomic E-state index is 0.0259. The van der Waals surface area contributed by atoms with Crippen LogP contribution in [0.3, 0.4) is 0 Å². The van der Waals surface area contributed by atoms with Crippen LogP contribution >= 0.6 is 0 Å². The molecule has 104 valence electrons. The molecule has 2 rings (SSSR count). The lowest BCUT2D eigenvalue weighted by atomic mass is 9.70. The van der Waals surface area contributed by atoms with E-state index in [1.807, 2.05) is 0 Å². The van der Waals surface area contributed by atoms with E-state index in [4.69, 9.17) is 4.74 Å². The fourth-order valence-electron chi connectivity index (χ4n) is 4.05. The summed E-state index contributed by atoms with van der Waals surface area (Å²) in [5, 5.41) is 0. The molecule has 2 aliphatic rings. The number of esters is 1. The van der Waals surface area contributed by atoms with Crippen LogP contribution in [-0.2, 0) is 9.53 Å². The molecule has 2 fully saturated rings. The molecule has 18 heavy (non-hydrogen) atoms. The number of fused-ring (bicyclic) bond motifs is 2. The summed E-state index contributed by atoms with van der Waals surface area (Å²) in [4.78, 5) is 11.9. The Kier molecular flexibility index (Phi) is 3.75. The average Bonchev–Trinajstić information content (AvgIpc) is 2.62. The third kappa shape index (κ3) is 2.08. The minimum Gasteiger partial charge on any atom is -0.462 e. The van der Waals surface area contributed by atoms with Crippen LogP contribution in [0, 0.1) is 16.7 Å². The predicted octanol–water partition coefficient (Wildman–Crippen LogP) is 4.32. The Hall–Kier alpha value is -0.530. The van der Waals surface area contributed by atoms with Gasteiger partial charge in [0.05, 0.1) is 0 Å². The number of ether oxygens (including phenoxy) is 1. The molecule has 0 saturated heterocycles. The summed E-state index contributed by atoms with van der Waals surface area (Å²) < 4.78 is 5.79. The number of hydrogen-bond acceptors (Lipinski definition) is 2. The van der Waals surface area contributed by atoms with E-state index in [2.05, 4.69) is 27.7 Å². The van der Waals surface area contributed by atoms with E-state index in [0.717, 1.165) is 31.6 Å². The molecular weight excluding hydrogens is 224 g/mol. The summed E-state index contributed by atoms with van der Waals surface area (Å²) >= 11 is 0. The second kappa shape index (κ2) is 4.86. The van der Waals surface area contributed by atoms with E-state index in [9.17, 15) is 4.79 Å². The molecule has 2 saturated carbocycles. The molecule has 0 N–H and O–H groups in total. The molecule has 2 nitrogen and oxygen atoms in total. The van der Waals surface area contributed by atoms with Gasteiger partial charge in [0.25, 0.3) is 0 Å². The maximum atomic E-state index is 11.9. The number of hydrogen-bond donors (Lipinski definition) is 0. The molecule has 0 amide bonds. The van der Waals surface area contributed by atoms with Crippen molar-refractivity contribution in [2.75, 3.05) is 0 Å². The van der Waals surface area contributed by atoms with Gasteiger partial charge >= 0.3 is 5.97 Å². The van der Waals surface area contributed by atoms with Crippen molar-refractivity contribution in [3.8, 4) is 0 Å². The third-order valence-corrected chi connectivity index (χ3v) is 5.97. The van der Waals surface area contributed by atoms with Gasteiger partial charge in [0, 0.05) is 11.8 Å². The molecule has 2 heteroatoms. The fourth-order valence-corrected chi connectivity index (χ4v) is 4.05. The number of unbranched alkanes of at least 4 members (excludes halogenated alkanes) is 2. The normalized spacial score (nSPS) is 36.9. The quantitative estimate of drug-likeness (QED) is 0.538. The van der Waals surface area contributed by atoms with Crippen molar-refractivity contribution in [2.24, 2.45) is 16.7 Å². The summed E-state index contributed by atoms with van der Waals surface area (Å²) in [6.45, 7) is 9.19. The van der Waals surface area contributed by atoms with Gasteiger partial charge in [-0.3, -0.25) is 4.79 Å². The lowest BCUT2D eigenvalue weighted by Gasteiger charge is -2.38. The zero-order valence-electron chi connectivity index (χ0n) is 12.4. The van der Waals surface area contributed by atoms with Crippen LogP contribution in [0.4, 0.5) is 0 Å². The van der Waals surface area contributed by atoms with Crippen molar-refractivity contribution >= 4 is 5.97 Å². The van der Waals surface area contributed by atoms with Crippen LogP contribution in [0.15, 0.2) is 0 Å². The molecule has 0 unspecified atom stereocenters. The Morgan fingerprint density at radius 3 is 2.50 bits per heavy atom. The standard InChI is InChI=1S/C16H28O2/c1-5-6-7-8-14(17)18-13-11-12-9-10-16(13,4)15(12,2)3/h12-13H,5-11H2,1-4H3/t12-,13-,16+/m0/s1. The monoisotopic (exact) mass is 252 g/mol. The molecule has 0 aromatic carbocycles. The highest BCUT2D eigenvalue weighted by Gasteiger charge is 2.62. The van der Waals surface area contributed by atoms with Gasteiger partial charge in [0.1, 0.15) is 6.10 Å². The summed E-state index contributed by atoms with van der Waals surface area (Å²) in [5.74, 6) is 0.772. The van der Waals surface area contributed by atoms with Gasteiger partial charge in [-0.15, -0.1) is 0 Å². The fraction of sp³-hybridized carbons (Fsp3) is 0.938. The van der Waals surface area contributed by atoms with Crippen molar-refractivity contribution in [1.82, 2.24) is 0 Å². The lowest BCUT2D eigenvalue weighted by Crippen LogP contribution is -2.38. The SMILES string of the molecule is CCCCCC(=O)O[C@H]1C[C@@H]2CC[C@@]1(C)C2(C)C. The van der Waals surface area contributed by atoms with E-state index in [1.54, 1.807) is 0 Å². The molecule has 0 aliphatic heterocycles. The van der Waals surface area contributed by atoms with Crippen LogP contribution in [-0.4, -0.2) is 12.1 Å². The number of rotatable bonds is 5. The zero-order chi connectivity index (χ0) is 13.4. The van der Waals surface area contributed by atoms with Gasteiger partial charge in [-0.25, -0.2) is 0 Å². The summed E-state index contributed by atoms with van der Waals surface area (Å²) in [6, 6.07) is 0. The highest BCUT2D eigenvalue weighted by molar-refractivity contribution is 5.69. The molecular formula is C16H28O2. The maximum Gasteiger partial charge on any atom is 0.306 e. The largest absolute Gasteiger partial charge is 0.462 e. The third-order valence-electron chi connectivity index (χ3n) is 5.97. The van der Waals surface area contributed by atoms with Crippen LogP contribution in [0.25, 0.3) is 0 Å². The van der Waals surface area contributed by atoms with Crippen LogP contribution in [0.5, 0.6) is 0 Å². The Labute approximate surface area is 111 Å². The first-order valence-corrected chi connectivity index (χ1v) is 7.61. The molecule has 0 aromatic heterocycles. The summed E-state index contributed by atoms with van der Waals surface area (Å²) in [7, 11) is 0. The Morgan fingerprint density at radius 2 is 2.00 bits per heavy atom. The Morgan fingerprint density at radius 1 is 1.28 bits per heavy atom. The first-order chi connectivity index (χ1) is 8.41. The molecule has 2 aliphatic carbocycles. The topological polar surface area (TPSA) is 26.3 Å². The van der Waals surface area contributed by atoms with Crippen molar-refractivity contribution in [1.29, 1.82) is 0 Å². The minimum absolute atomic E-state index is 0.0259. The molecule has 0 heterocycles. The second-order valence-electron chi connectivity index (χ2n) is 7.05. The van der Waals surface area contributed by atoms with Crippen molar-refractivity contribution < 1.29 is 9.53 Å². The van der Waals surface area contributed by atoms with E-state index in [-0.39, 0.29) is 17.5 Å². The van der Waals surface area contributed by atoms with Gasteiger partial charge in [-0.05, 0) is 37.0 Å². The van der Waals surface area contributed by atoms with Crippen LogP contribution < -0.4 is 0 Å². The predicted molar refractivity (Wildman–Crippen MR) is 73.3 cm³/mol. The van der Waals surface area contributed by atoms with Crippen LogP contribution in [0.2, 0.25) is 0 Å². The van der Waals surface area contributed by atoms with Crippen LogP contribution in [0.1, 0.15) is 72.6 Å². The van der Waals surface area contributed by atoms with E-state index >= 15 is 0 Å². The molecule has 3 atom stereocenters. The second-order valence-corrected chi connectivity index (χ2v) is 7.05. The molecule has 2 bridgehead atoms. The molecule has 0 spiro atoms. The number of carbonyl (C=O) groups is 1. The van der Waals surface area contributed by atoms with Crippen molar-refractivity contribution in [3.05, 3.63) is 0 Å². The Balaban J connectivity index is 1.90. The molecule has 0 radical (unpaired) electrons. The molecule has 0 aromatic rings. The van der Waals surface area contributed by atoms with E-state index in [0.29, 0.717) is 11.8 Å². The highest BCUT2D eigenvalue weighted by Crippen LogP contribution is 2.66. The number of carbonyl (C=O) groups excluding carboxylic acids is 1. The van der Waals surface area contributed by atoms with Gasteiger partial charge in [-0.1, -0.05) is 40.5 Å². The summed E-state index contributed by atoms with van der Waals surface area (Å²) in [5.41, 5.74) is 0.541. The van der Waals surface area contributed by atoms with Gasteiger partial charge in [-0.2, -0.15) is 0 Å². The Bertz CT molecular complexity index is 321.